The fraction of sp³-hybridized carbons (Fsp3) is 0.571. The molecule has 2 heterocycles. The highest BCUT2D eigenvalue weighted by atomic mass is 32.2. The fourth-order valence-corrected chi connectivity index (χ4v) is 2.26. The predicted octanol–water partition coefficient (Wildman–Crippen LogP) is 0.882. The van der Waals surface area contributed by atoms with Gasteiger partial charge in [-0.1, -0.05) is 0 Å². The van der Waals surface area contributed by atoms with Crippen molar-refractivity contribution in [2.75, 3.05) is 5.75 Å². The highest BCUT2D eigenvalue weighted by Gasteiger charge is 2.09. The average molecular weight is 170 g/mol. The minimum absolute atomic E-state index is 0.0579. The second-order valence-corrected chi connectivity index (χ2v) is 3.80. The van der Waals surface area contributed by atoms with E-state index in [0.29, 0.717) is 0 Å². The third kappa shape index (κ3) is 1.35. The van der Waals surface area contributed by atoms with Crippen molar-refractivity contribution in [3.8, 4) is 0 Å². The number of H-pyrrole nitrogens is 2. The van der Waals surface area contributed by atoms with Crippen LogP contribution in [0.2, 0.25) is 0 Å². The molecule has 60 valence electrons. The summed E-state index contributed by atoms with van der Waals surface area (Å²) in [5.74, 6) is 2.15. The Morgan fingerprint density at radius 3 is 3.00 bits per heavy atom. The zero-order valence-electron chi connectivity index (χ0n) is 6.14. The summed E-state index contributed by atoms with van der Waals surface area (Å²) in [5, 5.41) is 0. The van der Waals surface area contributed by atoms with Crippen LogP contribution in [0.3, 0.4) is 0 Å². The maximum absolute atomic E-state index is 10.8. The van der Waals surface area contributed by atoms with E-state index in [0.717, 1.165) is 23.6 Å². The van der Waals surface area contributed by atoms with E-state index in [4.69, 9.17) is 0 Å². The highest BCUT2D eigenvalue weighted by Crippen LogP contribution is 2.19. The molecule has 0 saturated carbocycles. The van der Waals surface area contributed by atoms with Gasteiger partial charge in [0.25, 0.3) is 0 Å². The van der Waals surface area contributed by atoms with E-state index >= 15 is 0 Å². The molecule has 0 amide bonds. The molecule has 0 radical (unpaired) electrons. The van der Waals surface area contributed by atoms with Gasteiger partial charge in [0.2, 0.25) is 0 Å². The smallest absolute Gasteiger partial charge is 0.310 e. The number of hydrogen-bond donors (Lipinski definition) is 2. The molecule has 0 fully saturated rings. The van der Waals surface area contributed by atoms with Gasteiger partial charge in [-0.05, 0) is 18.6 Å². The van der Waals surface area contributed by atoms with Crippen molar-refractivity contribution in [1.29, 1.82) is 0 Å². The number of aryl methyl sites for hydroxylation is 1. The van der Waals surface area contributed by atoms with Gasteiger partial charge >= 0.3 is 5.69 Å². The van der Waals surface area contributed by atoms with Gasteiger partial charge in [0.05, 0.1) is 0 Å². The lowest BCUT2D eigenvalue weighted by Gasteiger charge is -1.91. The van der Waals surface area contributed by atoms with Gasteiger partial charge in [-0.15, -0.1) is 0 Å². The second kappa shape index (κ2) is 2.77. The van der Waals surface area contributed by atoms with Crippen LogP contribution in [0, 0.1) is 0 Å². The van der Waals surface area contributed by atoms with Gasteiger partial charge < -0.3 is 9.97 Å². The molecule has 2 N–H and O–H groups in total. The lowest BCUT2D eigenvalue weighted by atomic mass is 10.2. The van der Waals surface area contributed by atoms with Crippen LogP contribution in [0.25, 0.3) is 0 Å². The van der Waals surface area contributed by atoms with Crippen molar-refractivity contribution in [3.63, 3.8) is 0 Å². The normalized spacial score (nSPS) is 17.5. The molecule has 1 aromatic heterocycles. The molecular formula is C7H10N2OS. The van der Waals surface area contributed by atoms with E-state index < -0.39 is 0 Å². The van der Waals surface area contributed by atoms with E-state index in [1.165, 1.54) is 12.2 Å². The molecule has 2 rings (SSSR count). The van der Waals surface area contributed by atoms with E-state index in [9.17, 15) is 4.79 Å². The molecule has 0 unspecified atom stereocenters. The van der Waals surface area contributed by atoms with E-state index in [1.54, 1.807) is 0 Å². The number of thioether (sulfide) groups is 1. The summed E-state index contributed by atoms with van der Waals surface area (Å²) < 4.78 is 0. The molecule has 0 atom stereocenters. The van der Waals surface area contributed by atoms with Crippen LogP contribution in [-0.2, 0) is 12.2 Å². The van der Waals surface area contributed by atoms with Gasteiger partial charge in [0.15, 0.2) is 0 Å². The average Bonchev–Trinajstić information content (AvgIpc) is 2.17. The van der Waals surface area contributed by atoms with Crippen LogP contribution in [-0.4, -0.2) is 15.7 Å². The molecule has 0 aliphatic carbocycles. The van der Waals surface area contributed by atoms with E-state index in [-0.39, 0.29) is 5.69 Å². The molecule has 1 aliphatic heterocycles. The molecule has 0 aromatic carbocycles. The SMILES string of the molecule is O=c1[nH]c2c([nH]1)CSCCC2. The topological polar surface area (TPSA) is 48.6 Å². The lowest BCUT2D eigenvalue weighted by molar-refractivity contribution is 0.898. The third-order valence-corrected chi connectivity index (χ3v) is 2.93. The number of aromatic nitrogens is 2. The number of hydrogen-bond acceptors (Lipinski definition) is 2. The Morgan fingerprint density at radius 2 is 2.09 bits per heavy atom. The Labute approximate surface area is 68.6 Å². The number of rotatable bonds is 0. The van der Waals surface area contributed by atoms with Crippen molar-refractivity contribution in [1.82, 2.24) is 9.97 Å². The highest BCUT2D eigenvalue weighted by molar-refractivity contribution is 7.98. The largest absolute Gasteiger partial charge is 0.323 e. The zero-order chi connectivity index (χ0) is 7.68. The molecule has 0 saturated heterocycles. The maximum Gasteiger partial charge on any atom is 0.323 e. The van der Waals surface area contributed by atoms with Gasteiger partial charge in [0.1, 0.15) is 0 Å². The van der Waals surface area contributed by atoms with Gasteiger partial charge in [-0.3, -0.25) is 0 Å². The van der Waals surface area contributed by atoms with Crippen LogP contribution < -0.4 is 5.69 Å². The first-order chi connectivity index (χ1) is 5.36. The monoisotopic (exact) mass is 170 g/mol. The molecule has 1 aromatic rings. The predicted molar refractivity (Wildman–Crippen MR) is 45.9 cm³/mol. The van der Waals surface area contributed by atoms with Crippen molar-refractivity contribution >= 4 is 11.8 Å². The molecule has 1 aliphatic rings. The minimum atomic E-state index is -0.0579. The Bertz CT molecular complexity index is 275. The summed E-state index contributed by atoms with van der Waals surface area (Å²) in [6, 6.07) is 0. The van der Waals surface area contributed by atoms with Crippen LogP contribution in [0.5, 0.6) is 0 Å². The van der Waals surface area contributed by atoms with Crippen LogP contribution in [0.1, 0.15) is 17.8 Å². The van der Waals surface area contributed by atoms with E-state index in [2.05, 4.69) is 9.97 Å². The molecule has 0 bridgehead atoms. The number of imidazole rings is 1. The summed E-state index contributed by atoms with van der Waals surface area (Å²) in [5.41, 5.74) is 2.15. The molecular weight excluding hydrogens is 160 g/mol. The van der Waals surface area contributed by atoms with Gasteiger partial charge in [-0.2, -0.15) is 11.8 Å². The Hall–Kier alpha value is -0.640. The number of nitrogens with one attached hydrogen (secondary N) is 2. The number of fused-ring (bicyclic) bond motifs is 1. The maximum atomic E-state index is 10.8. The molecule has 4 heteroatoms. The van der Waals surface area contributed by atoms with Crippen LogP contribution in [0.15, 0.2) is 4.79 Å². The van der Waals surface area contributed by atoms with Crippen molar-refractivity contribution in [3.05, 3.63) is 21.9 Å². The summed E-state index contributed by atoms with van der Waals surface area (Å²) in [6.45, 7) is 0. The lowest BCUT2D eigenvalue weighted by Crippen LogP contribution is -2.01. The quantitative estimate of drug-likeness (QED) is 0.607. The van der Waals surface area contributed by atoms with Gasteiger partial charge in [0, 0.05) is 17.1 Å². The Morgan fingerprint density at radius 1 is 1.27 bits per heavy atom. The first-order valence-corrected chi connectivity index (χ1v) is 4.89. The summed E-state index contributed by atoms with van der Waals surface area (Å²) >= 11 is 1.88. The van der Waals surface area contributed by atoms with Crippen molar-refractivity contribution in [2.24, 2.45) is 0 Å². The third-order valence-electron chi connectivity index (χ3n) is 1.85. The fourth-order valence-electron chi connectivity index (χ4n) is 1.32. The van der Waals surface area contributed by atoms with Crippen LogP contribution in [0.4, 0.5) is 0 Å². The number of aromatic amines is 2. The zero-order valence-corrected chi connectivity index (χ0v) is 6.96. The summed E-state index contributed by atoms with van der Waals surface area (Å²) in [7, 11) is 0. The Balaban J connectivity index is 2.39. The van der Waals surface area contributed by atoms with Gasteiger partial charge in [-0.25, -0.2) is 4.79 Å². The molecule has 3 nitrogen and oxygen atoms in total. The van der Waals surface area contributed by atoms with Crippen molar-refractivity contribution in [2.45, 2.75) is 18.6 Å². The second-order valence-electron chi connectivity index (χ2n) is 2.69. The van der Waals surface area contributed by atoms with Crippen molar-refractivity contribution < 1.29 is 0 Å². The molecule has 11 heavy (non-hydrogen) atoms. The standard InChI is InChI=1S/C7H10N2OS/c10-7-8-5-2-1-3-11-4-6(5)9-7/h1-4H2,(H2,8,9,10). The molecule has 0 spiro atoms. The first-order valence-electron chi connectivity index (χ1n) is 3.74. The first kappa shape index (κ1) is 7.03. The Kier molecular flexibility index (Phi) is 1.77. The van der Waals surface area contributed by atoms with Crippen LogP contribution >= 0.6 is 11.8 Å². The van der Waals surface area contributed by atoms with E-state index in [1.807, 2.05) is 11.8 Å². The minimum Gasteiger partial charge on any atom is -0.310 e. The summed E-state index contributed by atoms with van der Waals surface area (Å²) in [6.07, 6.45) is 2.19. The summed E-state index contributed by atoms with van der Waals surface area (Å²) in [4.78, 5) is 16.5.